The van der Waals surface area contributed by atoms with Gasteiger partial charge in [-0.15, -0.1) is 10.2 Å². The quantitative estimate of drug-likeness (QED) is 0.632. The maximum Gasteiger partial charge on any atom is 0.453 e. The van der Waals surface area contributed by atoms with Gasteiger partial charge in [0.25, 0.3) is 5.82 Å². The van der Waals surface area contributed by atoms with Gasteiger partial charge in [0.05, 0.1) is 5.75 Å². The lowest BCUT2D eigenvalue weighted by molar-refractivity contribution is -0.146. The molecule has 0 saturated carbocycles. The van der Waals surface area contributed by atoms with Crippen LogP contribution < -0.4 is 5.84 Å². The van der Waals surface area contributed by atoms with Gasteiger partial charge in [-0.05, 0) is 12.5 Å². The predicted molar refractivity (Wildman–Crippen MR) is 83.4 cm³/mol. The third-order valence-electron chi connectivity index (χ3n) is 3.19. The summed E-state index contributed by atoms with van der Waals surface area (Å²) in [6.45, 7) is 2.75. The average Bonchev–Trinajstić information content (AvgIpc) is 2.92. The van der Waals surface area contributed by atoms with Crippen LogP contribution in [-0.4, -0.2) is 38.0 Å². The summed E-state index contributed by atoms with van der Waals surface area (Å²) in [7, 11) is 0. The van der Waals surface area contributed by atoms with Crippen molar-refractivity contribution in [3.05, 3.63) is 41.7 Å². The van der Waals surface area contributed by atoms with Gasteiger partial charge in [-0.25, -0.2) is 4.68 Å². The van der Waals surface area contributed by atoms with E-state index in [-0.39, 0.29) is 16.8 Å². The van der Waals surface area contributed by atoms with Gasteiger partial charge in [-0.1, -0.05) is 42.1 Å². The van der Waals surface area contributed by atoms with Gasteiger partial charge in [0.1, 0.15) is 0 Å². The highest BCUT2D eigenvalue weighted by Crippen LogP contribution is 2.28. The highest BCUT2D eigenvalue weighted by atomic mass is 32.2. The molecule has 0 saturated heterocycles. The Bertz CT molecular complexity index is 689. The third kappa shape index (κ3) is 4.40. The minimum absolute atomic E-state index is 0.0755. The van der Waals surface area contributed by atoms with Gasteiger partial charge in [-0.3, -0.25) is 4.79 Å². The number of hydrogen-bond donors (Lipinski definition) is 1. The molecule has 2 aromatic rings. The number of aromatic nitrogens is 3. The first-order valence-corrected chi connectivity index (χ1v) is 8.03. The van der Waals surface area contributed by atoms with Crippen LogP contribution in [0.1, 0.15) is 18.3 Å². The summed E-state index contributed by atoms with van der Waals surface area (Å²) in [5.41, 5.74) is 0.971. The van der Waals surface area contributed by atoms with Gasteiger partial charge < -0.3 is 10.7 Å². The van der Waals surface area contributed by atoms with E-state index >= 15 is 0 Å². The van der Waals surface area contributed by atoms with Crippen LogP contribution in [-0.2, 0) is 17.5 Å². The second kappa shape index (κ2) is 7.56. The Morgan fingerprint density at radius 2 is 1.96 bits per heavy atom. The van der Waals surface area contributed by atoms with Gasteiger partial charge in [0, 0.05) is 13.1 Å². The molecule has 0 aliphatic carbocycles. The molecule has 0 aliphatic heterocycles. The van der Waals surface area contributed by atoms with Crippen LogP contribution >= 0.6 is 11.8 Å². The van der Waals surface area contributed by atoms with Crippen LogP contribution in [0.15, 0.2) is 35.5 Å². The third-order valence-corrected chi connectivity index (χ3v) is 4.12. The number of amides is 1. The summed E-state index contributed by atoms with van der Waals surface area (Å²) in [4.78, 5) is 13.9. The van der Waals surface area contributed by atoms with Crippen molar-refractivity contribution in [3.8, 4) is 0 Å². The Hall–Kier alpha value is -2.23. The van der Waals surface area contributed by atoms with E-state index in [0.29, 0.717) is 17.8 Å². The number of nitrogens with two attached hydrogens (primary N) is 1. The largest absolute Gasteiger partial charge is 0.453 e. The Kier molecular flexibility index (Phi) is 5.71. The van der Waals surface area contributed by atoms with Gasteiger partial charge in [0.2, 0.25) is 11.1 Å². The fraction of sp³-hybridized carbons (Fsp3) is 0.357. The molecule has 2 rings (SSSR count). The van der Waals surface area contributed by atoms with Crippen molar-refractivity contribution in [1.82, 2.24) is 19.8 Å². The number of nitrogens with zero attached hydrogens (tertiary/aromatic N) is 4. The summed E-state index contributed by atoms with van der Waals surface area (Å²) >= 11 is 0.819. The summed E-state index contributed by atoms with van der Waals surface area (Å²) in [5.74, 6) is 3.74. The van der Waals surface area contributed by atoms with Crippen LogP contribution in [0.2, 0.25) is 0 Å². The number of nitrogen functional groups attached to an aromatic ring is 1. The molecule has 0 fully saturated rings. The molecular weight excluding hydrogens is 343 g/mol. The van der Waals surface area contributed by atoms with Crippen molar-refractivity contribution >= 4 is 17.7 Å². The zero-order chi connectivity index (χ0) is 17.7. The number of hydrogen-bond acceptors (Lipinski definition) is 5. The number of rotatable bonds is 6. The number of alkyl halides is 3. The summed E-state index contributed by atoms with van der Waals surface area (Å²) in [5, 5.41) is 6.24. The second-order valence-electron chi connectivity index (χ2n) is 4.86. The lowest BCUT2D eigenvalue weighted by Crippen LogP contribution is -2.32. The van der Waals surface area contributed by atoms with Gasteiger partial charge in [0.15, 0.2) is 0 Å². The fourth-order valence-corrected chi connectivity index (χ4v) is 2.73. The average molecular weight is 359 g/mol. The molecule has 0 atom stereocenters. The molecule has 0 bridgehead atoms. The van der Waals surface area contributed by atoms with Crippen molar-refractivity contribution in [2.75, 3.05) is 18.1 Å². The van der Waals surface area contributed by atoms with Crippen LogP contribution in [0.25, 0.3) is 0 Å². The predicted octanol–water partition coefficient (Wildman–Crippen LogP) is 2.15. The van der Waals surface area contributed by atoms with E-state index in [0.717, 1.165) is 17.3 Å². The standard InChI is InChI=1S/C14H16F3N5OS/c1-2-21(8-10-6-4-3-5-7-10)11(23)9-24-13-20-19-12(22(13)18)14(15,16)17/h3-7H,2,8-9,18H2,1H3. The highest BCUT2D eigenvalue weighted by molar-refractivity contribution is 7.99. The summed E-state index contributed by atoms with van der Waals surface area (Å²) in [6.07, 6.45) is -4.69. The Morgan fingerprint density at radius 1 is 1.29 bits per heavy atom. The molecule has 0 spiro atoms. The van der Waals surface area contributed by atoms with Crippen LogP contribution in [0.5, 0.6) is 0 Å². The van der Waals surface area contributed by atoms with Crippen molar-refractivity contribution in [3.63, 3.8) is 0 Å². The molecular formula is C14H16F3N5OS. The Morgan fingerprint density at radius 3 is 2.50 bits per heavy atom. The summed E-state index contributed by atoms with van der Waals surface area (Å²) in [6, 6.07) is 9.42. The van der Waals surface area contributed by atoms with Crippen molar-refractivity contribution < 1.29 is 18.0 Å². The minimum atomic E-state index is -4.69. The maximum absolute atomic E-state index is 12.6. The number of carbonyl (C=O) groups excluding carboxylic acids is 1. The monoisotopic (exact) mass is 359 g/mol. The first-order valence-electron chi connectivity index (χ1n) is 7.05. The number of benzene rings is 1. The maximum atomic E-state index is 12.6. The van der Waals surface area contributed by atoms with E-state index in [1.165, 1.54) is 0 Å². The van der Waals surface area contributed by atoms with Crippen LogP contribution in [0.4, 0.5) is 13.2 Å². The molecule has 1 amide bonds. The molecule has 6 nitrogen and oxygen atoms in total. The topological polar surface area (TPSA) is 77.0 Å². The molecule has 1 aromatic heterocycles. The SMILES string of the molecule is CCN(Cc1ccccc1)C(=O)CSc1nnc(C(F)(F)F)n1N. The molecule has 0 radical (unpaired) electrons. The van der Waals surface area contributed by atoms with Crippen LogP contribution in [0.3, 0.4) is 0 Å². The normalized spacial score (nSPS) is 11.5. The van der Waals surface area contributed by atoms with Gasteiger partial charge >= 0.3 is 6.18 Å². The molecule has 1 heterocycles. The van der Waals surface area contributed by atoms with E-state index in [1.54, 1.807) is 4.90 Å². The zero-order valence-electron chi connectivity index (χ0n) is 12.8. The van der Waals surface area contributed by atoms with Crippen molar-refractivity contribution in [2.24, 2.45) is 0 Å². The molecule has 130 valence electrons. The van der Waals surface area contributed by atoms with Crippen LogP contribution in [0, 0.1) is 0 Å². The minimum Gasteiger partial charge on any atom is -0.338 e. The lowest BCUT2D eigenvalue weighted by atomic mass is 10.2. The van der Waals surface area contributed by atoms with E-state index in [1.807, 2.05) is 37.3 Å². The molecule has 24 heavy (non-hydrogen) atoms. The smallest absolute Gasteiger partial charge is 0.338 e. The van der Waals surface area contributed by atoms with E-state index < -0.39 is 12.0 Å². The Balaban J connectivity index is 1.98. The summed E-state index contributed by atoms with van der Waals surface area (Å²) < 4.78 is 38.1. The first-order chi connectivity index (χ1) is 11.3. The van der Waals surface area contributed by atoms with Gasteiger partial charge in [-0.2, -0.15) is 13.2 Å². The first kappa shape index (κ1) is 18.1. The molecule has 0 unspecified atom stereocenters. The number of halogens is 3. The zero-order valence-corrected chi connectivity index (χ0v) is 13.6. The molecule has 1 aromatic carbocycles. The van der Waals surface area contributed by atoms with E-state index in [2.05, 4.69) is 10.2 Å². The van der Waals surface area contributed by atoms with Crippen molar-refractivity contribution in [1.29, 1.82) is 0 Å². The molecule has 0 aliphatic rings. The van der Waals surface area contributed by atoms with Crippen molar-refractivity contribution in [2.45, 2.75) is 24.8 Å². The van der Waals surface area contributed by atoms with E-state index in [9.17, 15) is 18.0 Å². The number of thioether (sulfide) groups is 1. The molecule has 10 heteroatoms. The fourth-order valence-electron chi connectivity index (χ4n) is 1.97. The molecule has 2 N–H and O–H groups in total. The second-order valence-corrected chi connectivity index (χ2v) is 5.80. The Labute approximate surface area is 140 Å². The lowest BCUT2D eigenvalue weighted by Gasteiger charge is -2.20. The number of carbonyl (C=O) groups is 1. The van der Waals surface area contributed by atoms with E-state index in [4.69, 9.17) is 5.84 Å². The highest BCUT2D eigenvalue weighted by Gasteiger charge is 2.38.